The van der Waals surface area contributed by atoms with Crippen molar-refractivity contribution < 1.29 is 4.79 Å². The first kappa shape index (κ1) is 18.4. The van der Waals surface area contributed by atoms with E-state index < -0.39 is 5.25 Å². The standard InChI is InChI=1S/C21H18N6O2S/c1-11-9-18-25-26-21(27(18)17-6-4-3-5-14(11)17)30-12(2)19(28)22-13-7-8-15-16(10-13)24-20(29)23-15/h3-10,12H,1-2H3,(H,22,28)(H2,23,24,29). The van der Waals surface area contributed by atoms with Gasteiger partial charge in [-0.25, -0.2) is 4.79 Å². The molecule has 150 valence electrons. The maximum absolute atomic E-state index is 12.8. The third-order valence-electron chi connectivity index (χ3n) is 5.01. The van der Waals surface area contributed by atoms with Crippen LogP contribution in [0, 0.1) is 6.92 Å². The molecule has 0 bridgehead atoms. The fourth-order valence-electron chi connectivity index (χ4n) is 3.52. The number of nitrogens with zero attached hydrogens (tertiary/aromatic N) is 3. The number of anilines is 1. The van der Waals surface area contributed by atoms with Crippen molar-refractivity contribution >= 4 is 50.9 Å². The van der Waals surface area contributed by atoms with Crippen molar-refractivity contribution in [3.05, 3.63) is 64.6 Å². The molecule has 1 amide bonds. The monoisotopic (exact) mass is 418 g/mol. The maximum atomic E-state index is 12.8. The summed E-state index contributed by atoms with van der Waals surface area (Å²) in [6.45, 7) is 3.88. The summed E-state index contributed by atoms with van der Waals surface area (Å²) in [7, 11) is 0. The summed E-state index contributed by atoms with van der Waals surface area (Å²) < 4.78 is 1.98. The van der Waals surface area contributed by atoms with E-state index in [-0.39, 0.29) is 11.6 Å². The van der Waals surface area contributed by atoms with Crippen LogP contribution < -0.4 is 11.0 Å². The number of fused-ring (bicyclic) bond motifs is 4. The SMILES string of the molecule is Cc1cc2nnc(SC(C)C(=O)Nc3ccc4[nH]c(=O)[nH]c4c3)n2c2ccccc12. The van der Waals surface area contributed by atoms with Crippen LogP contribution in [-0.2, 0) is 4.79 Å². The maximum Gasteiger partial charge on any atom is 0.323 e. The van der Waals surface area contributed by atoms with E-state index in [0.717, 1.165) is 22.1 Å². The van der Waals surface area contributed by atoms with Gasteiger partial charge in [-0.1, -0.05) is 30.0 Å². The minimum Gasteiger partial charge on any atom is -0.325 e. The number of hydrogen-bond acceptors (Lipinski definition) is 5. The van der Waals surface area contributed by atoms with Gasteiger partial charge in [0.1, 0.15) is 0 Å². The van der Waals surface area contributed by atoms with Gasteiger partial charge in [-0.05, 0) is 49.7 Å². The number of aryl methyl sites for hydroxylation is 1. The van der Waals surface area contributed by atoms with Gasteiger partial charge in [-0.3, -0.25) is 9.20 Å². The highest BCUT2D eigenvalue weighted by Crippen LogP contribution is 2.28. The largest absolute Gasteiger partial charge is 0.325 e. The van der Waals surface area contributed by atoms with E-state index in [1.807, 2.05) is 35.6 Å². The minimum atomic E-state index is -0.404. The molecule has 0 aliphatic carbocycles. The van der Waals surface area contributed by atoms with Crippen molar-refractivity contribution in [2.24, 2.45) is 0 Å². The molecule has 0 saturated heterocycles. The molecule has 0 spiro atoms. The van der Waals surface area contributed by atoms with Crippen LogP contribution in [0.5, 0.6) is 0 Å². The Bertz CT molecular complexity index is 1480. The van der Waals surface area contributed by atoms with E-state index in [9.17, 15) is 9.59 Å². The first-order valence-corrected chi connectivity index (χ1v) is 10.3. The Labute approximate surface area is 174 Å². The van der Waals surface area contributed by atoms with Gasteiger partial charge in [-0.2, -0.15) is 0 Å². The zero-order chi connectivity index (χ0) is 20.8. The molecular formula is C21H18N6O2S. The highest BCUT2D eigenvalue weighted by atomic mass is 32.2. The molecule has 2 aromatic carbocycles. The second-order valence-corrected chi connectivity index (χ2v) is 8.42. The minimum absolute atomic E-state index is 0.162. The zero-order valence-electron chi connectivity index (χ0n) is 16.3. The number of carbonyl (C=O) groups is 1. The Morgan fingerprint density at radius 3 is 2.77 bits per heavy atom. The average Bonchev–Trinajstić information content (AvgIpc) is 3.30. The number of pyridine rings is 1. The van der Waals surface area contributed by atoms with Crippen molar-refractivity contribution in [2.75, 3.05) is 5.32 Å². The molecule has 1 unspecified atom stereocenters. The van der Waals surface area contributed by atoms with Gasteiger partial charge in [0.2, 0.25) is 5.91 Å². The molecule has 0 saturated carbocycles. The molecule has 0 aliphatic rings. The van der Waals surface area contributed by atoms with Crippen LogP contribution in [0.25, 0.3) is 27.6 Å². The number of nitrogens with one attached hydrogen (secondary N) is 3. The molecule has 3 heterocycles. The predicted octanol–water partition coefficient (Wildman–Crippen LogP) is 3.48. The van der Waals surface area contributed by atoms with Crippen LogP contribution in [0.4, 0.5) is 5.69 Å². The summed E-state index contributed by atoms with van der Waals surface area (Å²) in [5.74, 6) is -0.162. The van der Waals surface area contributed by atoms with E-state index in [1.54, 1.807) is 18.2 Å². The molecule has 5 rings (SSSR count). The predicted molar refractivity (Wildman–Crippen MR) is 118 cm³/mol. The Balaban J connectivity index is 1.42. The lowest BCUT2D eigenvalue weighted by molar-refractivity contribution is -0.115. The summed E-state index contributed by atoms with van der Waals surface area (Å²) in [5, 5.41) is 12.9. The number of benzene rings is 2. The fourth-order valence-corrected chi connectivity index (χ4v) is 4.38. The Morgan fingerprint density at radius 1 is 1.10 bits per heavy atom. The third kappa shape index (κ3) is 3.13. The van der Waals surface area contributed by atoms with Crippen LogP contribution >= 0.6 is 11.8 Å². The van der Waals surface area contributed by atoms with Gasteiger partial charge in [0, 0.05) is 11.1 Å². The van der Waals surface area contributed by atoms with Gasteiger partial charge in [0.15, 0.2) is 10.8 Å². The van der Waals surface area contributed by atoms with Gasteiger partial charge in [0.05, 0.1) is 21.8 Å². The van der Waals surface area contributed by atoms with Crippen LogP contribution in [0.1, 0.15) is 12.5 Å². The van der Waals surface area contributed by atoms with Crippen molar-refractivity contribution in [3.63, 3.8) is 0 Å². The number of rotatable bonds is 4. The Hall–Kier alpha value is -3.59. The molecule has 9 heteroatoms. The quantitative estimate of drug-likeness (QED) is 0.387. The number of aromatic amines is 2. The highest BCUT2D eigenvalue weighted by molar-refractivity contribution is 8.00. The van der Waals surface area contributed by atoms with Crippen LogP contribution in [0.3, 0.4) is 0 Å². The van der Waals surface area contributed by atoms with E-state index >= 15 is 0 Å². The highest BCUT2D eigenvalue weighted by Gasteiger charge is 2.19. The second kappa shape index (κ2) is 7.03. The Kier molecular flexibility index (Phi) is 4.32. The number of aromatic nitrogens is 5. The van der Waals surface area contributed by atoms with E-state index in [0.29, 0.717) is 21.9 Å². The smallest absolute Gasteiger partial charge is 0.323 e. The average molecular weight is 418 g/mol. The van der Waals surface area contributed by atoms with Crippen LogP contribution in [0.2, 0.25) is 0 Å². The first-order chi connectivity index (χ1) is 14.5. The second-order valence-electron chi connectivity index (χ2n) is 7.11. The van der Waals surface area contributed by atoms with Gasteiger partial charge in [0.25, 0.3) is 0 Å². The lowest BCUT2D eigenvalue weighted by Gasteiger charge is -2.12. The molecule has 3 aromatic heterocycles. The summed E-state index contributed by atoms with van der Waals surface area (Å²) >= 11 is 1.35. The van der Waals surface area contributed by atoms with Gasteiger partial charge >= 0.3 is 5.69 Å². The normalized spacial score (nSPS) is 12.6. The first-order valence-electron chi connectivity index (χ1n) is 9.42. The molecule has 1 atom stereocenters. The molecular weight excluding hydrogens is 400 g/mol. The van der Waals surface area contributed by atoms with Crippen molar-refractivity contribution in [1.29, 1.82) is 0 Å². The summed E-state index contributed by atoms with van der Waals surface area (Å²) in [6.07, 6.45) is 0. The van der Waals surface area contributed by atoms with Crippen LogP contribution in [0.15, 0.2) is 58.5 Å². The number of para-hydroxylation sites is 1. The summed E-state index contributed by atoms with van der Waals surface area (Å²) in [5.41, 5.74) is 4.56. The summed E-state index contributed by atoms with van der Waals surface area (Å²) in [4.78, 5) is 29.5. The molecule has 0 aliphatic heterocycles. The number of hydrogen-bond donors (Lipinski definition) is 3. The summed E-state index contributed by atoms with van der Waals surface area (Å²) in [6, 6.07) is 15.3. The number of thioether (sulfide) groups is 1. The molecule has 0 fully saturated rings. The van der Waals surface area contributed by atoms with E-state index in [2.05, 4.69) is 38.5 Å². The Morgan fingerprint density at radius 2 is 1.90 bits per heavy atom. The number of amides is 1. The van der Waals surface area contributed by atoms with Gasteiger partial charge in [-0.15, -0.1) is 10.2 Å². The third-order valence-corrected chi connectivity index (χ3v) is 6.05. The molecule has 8 nitrogen and oxygen atoms in total. The molecule has 5 aromatic rings. The van der Waals surface area contributed by atoms with Crippen molar-refractivity contribution in [1.82, 2.24) is 24.6 Å². The number of H-pyrrole nitrogens is 2. The van der Waals surface area contributed by atoms with Crippen molar-refractivity contribution in [3.8, 4) is 0 Å². The molecule has 0 radical (unpaired) electrons. The fraction of sp³-hybridized carbons (Fsp3) is 0.143. The topological polar surface area (TPSA) is 108 Å². The van der Waals surface area contributed by atoms with E-state index in [1.165, 1.54) is 11.8 Å². The number of imidazole rings is 1. The lowest BCUT2D eigenvalue weighted by atomic mass is 10.1. The van der Waals surface area contributed by atoms with E-state index in [4.69, 9.17) is 0 Å². The van der Waals surface area contributed by atoms with Crippen molar-refractivity contribution in [2.45, 2.75) is 24.3 Å². The number of carbonyl (C=O) groups excluding carboxylic acids is 1. The van der Waals surface area contributed by atoms with Crippen LogP contribution in [-0.4, -0.2) is 35.7 Å². The van der Waals surface area contributed by atoms with Gasteiger partial charge < -0.3 is 15.3 Å². The molecule has 3 N–H and O–H groups in total. The molecule has 30 heavy (non-hydrogen) atoms. The lowest BCUT2D eigenvalue weighted by Crippen LogP contribution is -2.22. The zero-order valence-corrected chi connectivity index (χ0v) is 17.1.